The fraction of sp³-hybridized carbons (Fsp3) is 0.417. The first-order valence-corrected chi connectivity index (χ1v) is 13.2. The van der Waals surface area contributed by atoms with Gasteiger partial charge in [-0.3, -0.25) is 9.69 Å². The van der Waals surface area contributed by atoms with E-state index in [9.17, 15) is 13.2 Å². The second kappa shape index (κ2) is 11.4. The Morgan fingerprint density at radius 3 is 2.24 bits per heavy atom. The van der Waals surface area contributed by atoms with E-state index in [1.54, 1.807) is 43.0 Å². The Bertz CT molecular complexity index is 1190. The van der Waals surface area contributed by atoms with E-state index in [-0.39, 0.29) is 29.6 Å². The minimum absolute atomic E-state index is 0. The molecule has 0 spiro atoms. The zero-order chi connectivity index (χ0) is 23.5. The van der Waals surface area contributed by atoms with Crippen LogP contribution >= 0.6 is 23.7 Å². The summed E-state index contributed by atoms with van der Waals surface area (Å²) in [5.74, 6) is -0.0545. The number of hydrogen-bond donors (Lipinski definition) is 0. The van der Waals surface area contributed by atoms with Crippen LogP contribution in [0, 0.1) is 0 Å². The Labute approximate surface area is 207 Å². The van der Waals surface area contributed by atoms with Gasteiger partial charge in [-0.1, -0.05) is 36.5 Å². The van der Waals surface area contributed by atoms with Crippen LogP contribution < -0.4 is 4.90 Å². The molecule has 0 aliphatic carbocycles. The van der Waals surface area contributed by atoms with Gasteiger partial charge in [0, 0.05) is 13.1 Å². The number of benzene rings is 2. The average molecular weight is 510 g/mol. The molecule has 0 atom stereocenters. The molecule has 6 nitrogen and oxygen atoms in total. The van der Waals surface area contributed by atoms with Crippen molar-refractivity contribution >= 4 is 54.8 Å². The number of carbonyl (C=O) groups excluding carboxylic acids is 1. The van der Waals surface area contributed by atoms with Crippen LogP contribution in [0.25, 0.3) is 10.2 Å². The van der Waals surface area contributed by atoms with Crippen molar-refractivity contribution in [3.05, 3.63) is 53.6 Å². The summed E-state index contributed by atoms with van der Waals surface area (Å²) < 4.78 is 25.8. The molecule has 0 saturated carbocycles. The summed E-state index contributed by atoms with van der Waals surface area (Å²) in [5.41, 5.74) is 2.92. The summed E-state index contributed by atoms with van der Waals surface area (Å²) in [7, 11) is 0.620. The van der Waals surface area contributed by atoms with E-state index >= 15 is 0 Å². The Hall–Kier alpha value is -2.00. The summed E-state index contributed by atoms with van der Waals surface area (Å²) in [5, 5.41) is 0.211. The smallest absolute Gasteiger partial charge is 0.233 e. The molecule has 180 valence electrons. The van der Waals surface area contributed by atoms with Crippen molar-refractivity contribution < 1.29 is 13.2 Å². The normalized spacial score (nSPS) is 11.7. The van der Waals surface area contributed by atoms with Crippen molar-refractivity contribution in [3.63, 3.8) is 0 Å². The number of fused-ring (bicyclic) bond motifs is 1. The first kappa shape index (κ1) is 27.2. The number of thiazole rings is 1. The minimum atomic E-state index is -3.33. The maximum Gasteiger partial charge on any atom is 0.233 e. The highest BCUT2D eigenvalue weighted by atomic mass is 35.5. The highest BCUT2D eigenvalue weighted by Crippen LogP contribution is 2.30. The zero-order valence-corrected chi connectivity index (χ0v) is 22.2. The lowest BCUT2D eigenvalue weighted by molar-refractivity contribution is -0.118. The second-order valence-corrected chi connectivity index (χ2v) is 11.9. The maximum absolute atomic E-state index is 13.3. The first-order valence-electron chi connectivity index (χ1n) is 10.8. The van der Waals surface area contributed by atoms with E-state index in [0.29, 0.717) is 18.2 Å². The van der Waals surface area contributed by atoms with Crippen LogP contribution in [0.4, 0.5) is 5.13 Å². The van der Waals surface area contributed by atoms with Gasteiger partial charge in [0.05, 0.1) is 26.8 Å². The number of carbonyl (C=O) groups is 1. The van der Waals surface area contributed by atoms with Crippen molar-refractivity contribution in [2.75, 3.05) is 32.1 Å². The van der Waals surface area contributed by atoms with Gasteiger partial charge in [-0.25, -0.2) is 13.4 Å². The quantitative estimate of drug-likeness (QED) is 0.421. The number of halogens is 1. The first-order chi connectivity index (χ1) is 15.1. The minimum Gasteiger partial charge on any atom is -0.308 e. The van der Waals surface area contributed by atoms with E-state index in [2.05, 4.69) is 19.1 Å². The number of hydrogen-bond acceptors (Lipinski definition) is 6. The van der Waals surface area contributed by atoms with Gasteiger partial charge in [0.1, 0.15) is 0 Å². The Morgan fingerprint density at radius 2 is 1.67 bits per heavy atom. The summed E-state index contributed by atoms with van der Waals surface area (Å²) in [6.07, 6.45) is 1.14. The molecule has 2 aromatic carbocycles. The van der Waals surface area contributed by atoms with E-state index in [0.717, 1.165) is 22.2 Å². The molecule has 0 bridgehead atoms. The number of aromatic nitrogens is 1. The lowest BCUT2D eigenvalue weighted by Crippen LogP contribution is -2.37. The van der Waals surface area contributed by atoms with Crippen LogP contribution in [0.3, 0.4) is 0 Å². The van der Waals surface area contributed by atoms with Crippen LogP contribution in [-0.4, -0.2) is 56.6 Å². The monoisotopic (exact) mass is 509 g/mol. The van der Waals surface area contributed by atoms with E-state index < -0.39 is 15.1 Å². The van der Waals surface area contributed by atoms with Gasteiger partial charge < -0.3 is 4.90 Å². The lowest BCUT2D eigenvalue weighted by Gasteiger charge is -2.22. The van der Waals surface area contributed by atoms with Crippen LogP contribution in [0.1, 0.15) is 31.9 Å². The Morgan fingerprint density at radius 1 is 1.03 bits per heavy atom. The third-order valence-corrected chi connectivity index (χ3v) is 8.59. The average Bonchev–Trinajstić information content (AvgIpc) is 3.16. The van der Waals surface area contributed by atoms with E-state index in [4.69, 9.17) is 4.98 Å². The standard InChI is InChI=1S/C24H31N3O3S2.ClH/c1-6-18-9-12-21-22(15-18)31-24(25-21)27(14-13-26(4)5)23(28)16-19-7-10-20(11-8-19)32(29,30)17(2)3;/h7-12,15,17H,6,13-14,16H2,1-5H3;1H. The number of aryl methyl sites for hydroxylation is 1. The molecule has 0 saturated heterocycles. The van der Waals surface area contributed by atoms with E-state index in [1.165, 1.54) is 16.9 Å². The maximum atomic E-state index is 13.3. The van der Waals surface area contributed by atoms with Crippen molar-refractivity contribution in [2.24, 2.45) is 0 Å². The van der Waals surface area contributed by atoms with Crippen molar-refractivity contribution in [2.45, 2.75) is 43.8 Å². The lowest BCUT2D eigenvalue weighted by atomic mass is 10.1. The van der Waals surface area contributed by atoms with Crippen molar-refractivity contribution in [1.29, 1.82) is 0 Å². The van der Waals surface area contributed by atoms with Crippen LogP contribution in [0.5, 0.6) is 0 Å². The molecule has 0 fully saturated rings. The topological polar surface area (TPSA) is 70.6 Å². The number of likely N-dealkylation sites (N-methyl/N-ethyl adjacent to an activating group) is 1. The van der Waals surface area contributed by atoms with Crippen LogP contribution in [0.2, 0.25) is 0 Å². The Balaban J connectivity index is 0.00000385. The fourth-order valence-electron chi connectivity index (χ4n) is 3.26. The number of rotatable bonds is 9. The molecule has 0 aliphatic heterocycles. The fourth-order valence-corrected chi connectivity index (χ4v) is 5.39. The van der Waals surface area contributed by atoms with Gasteiger partial charge in [0.2, 0.25) is 5.91 Å². The van der Waals surface area contributed by atoms with Gasteiger partial charge in [-0.15, -0.1) is 12.4 Å². The largest absolute Gasteiger partial charge is 0.308 e. The molecule has 3 rings (SSSR count). The highest BCUT2D eigenvalue weighted by molar-refractivity contribution is 7.92. The van der Waals surface area contributed by atoms with Gasteiger partial charge in [0.15, 0.2) is 15.0 Å². The molecule has 33 heavy (non-hydrogen) atoms. The van der Waals surface area contributed by atoms with Crippen molar-refractivity contribution in [3.8, 4) is 0 Å². The van der Waals surface area contributed by atoms with Gasteiger partial charge in [0.25, 0.3) is 0 Å². The molecule has 0 radical (unpaired) electrons. The predicted octanol–water partition coefficient (Wildman–Crippen LogP) is 4.60. The number of sulfone groups is 1. The summed E-state index contributed by atoms with van der Waals surface area (Å²) in [4.78, 5) is 22.1. The van der Waals surface area contributed by atoms with Gasteiger partial charge >= 0.3 is 0 Å². The second-order valence-electron chi connectivity index (χ2n) is 8.42. The molecule has 0 unspecified atom stereocenters. The number of anilines is 1. The molecule has 9 heteroatoms. The molecule has 1 heterocycles. The predicted molar refractivity (Wildman–Crippen MR) is 140 cm³/mol. The van der Waals surface area contributed by atoms with Crippen molar-refractivity contribution in [1.82, 2.24) is 9.88 Å². The molecule has 3 aromatic rings. The zero-order valence-electron chi connectivity index (χ0n) is 19.7. The van der Waals surface area contributed by atoms with Gasteiger partial charge in [-0.2, -0.15) is 0 Å². The molecular weight excluding hydrogens is 478 g/mol. The molecule has 1 aromatic heterocycles. The Kier molecular flexibility index (Phi) is 9.43. The third-order valence-electron chi connectivity index (χ3n) is 5.38. The molecular formula is C24H32ClN3O3S2. The molecule has 1 amide bonds. The van der Waals surface area contributed by atoms with Gasteiger partial charge in [-0.05, 0) is 69.8 Å². The van der Waals surface area contributed by atoms with Crippen LogP contribution in [0.15, 0.2) is 47.4 Å². The highest BCUT2D eigenvalue weighted by Gasteiger charge is 2.22. The van der Waals surface area contributed by atoms with Crippen LogP contribution in [-0.2, 0) is 27.5 Å². The molecule has 0 N–H and O–H groups in total. The third kappa shape index (κ3) is 6.53. The van der Waals surface area contributed by atoms with E-state index in [1.807, 2.05) is 25.1 Å². The SMILES string of the molecule is CCc1ccc2nc(N(CCN(C)C)C(=O)Cc3ccc(S(=O)(=O)C(C)C)cc3)sc2c1.Cl. The summed E-state index contributed by atoms with van der Waals surface area (Å²) in [6.45, 7) is 6.70. The number of nitrogens with zero attached hydrogens (tertiary/aromatic N) is 3. The summed E-state index contributed by atoms with van der Waals surface area (Å²) >= 11 is 1.53. The number of amides is 1. The summed E-state index contributed by atoms with van der Waals surface area (Å²) in [6, 6.07) is 12.9. The molecule has 0 aliphatic rings.